The minimum absolute atomic E-state index is 0.752. The quantitative estimate of drug-likeness (QED) is 0.740. The Morgan fingerprint density at radius 3 is 2.67 bits per heavy atom. The van der Waals surface area contributed by atoms with Crippen molar-refractivity contribution < 1.29 is 4.52 Å². The lowest BCUT2D eigenvalue weighted by Crippen LogP contribution is -2.19. The fourth-order valence-corrected chi connectivity index (χ4v) is 3.35. The highest BCUT2D eigenvalue weighted by molar-refractivity contribution is 5.63. The van der Waals surface area contributed by atoms with Crippen molar-refractivity contribution in [1.29, 1.82) is 0 Å². The molecule has 0 amide bonds. The second-order valence-electron chi connectivity index (χ2n) is 6.68. The molecule has 0 spiro atoms. The summed E-state index contributed by atoms with van der Waals surface area (Å²) in [6.45, 7) is 8.17. The molecule has 0 aliphatic carbocycles. The molecule has 1 aromatic carbocycles. The van der Waals surface area contributed by atoms with Crippen LogP contribution in [-0.2, 0) is 20.0 Å². The second-order valence-corrected chi connectivity index (χ2v) is 6.68. The van der Waals surface area contributed by atoms with E-state index in [9.17, 15) is 0 Å². The third kappa shape index (κ3) is 2.40. The summed E-state index contributed by atoms with van der Waals surface area (Å²) >= 11 is 0. The van der Waals surface area contributed by atoms with Gasteiger partial charge in [-0.1, -0.05) is 11.2 Å². The van der Waals surface area contributed by atoms with Crippen molar-refractivity contribution in [2.75, 3.05) is 11.4 Å². The van der Waals surface area contributed by atoms with Crippen molar-refractivity contribution in [3.05, 3.63) is 52.5 Å². The van der Waals surface area contributed by atoms with E-state index in [0.29, 0.717) is 0 Å². The molecule has 0 saturated heterocycles. The molecular weight excluding hydrogens is 300 g/mol. The SMILES string of the molecule is Cc1cc2c(cc1C)N(Cc1cc(-c3cnn(C)c3C)no1)CC2. The van der Waals surface area contributed by atoms with Gasteiger partial charge < -0.3 is 9.42 Å². The van der Waals surface area contributed by atoms with Gasteiger partial charge in [-0.15, -0.1) is 0 Å². The van der Waals surface area contributed by atoms with Gasteiger partial charge in [-0.3, -0.25) is 4.68 Å². The molecule has 4 rings (SSSR count). The van der Waals surface area contributed by atoms with Crippen molar-refractivity contribution >= 4 is 5.69 Å². The summed E-state index contributed by atoms with van der Waals surface area (Å²) in [7, 11) is 1.94. The van der Waals surface area contributed by atoms with Crippen molar-refractivity contribution in [2.45, 2.75) is 33.7 Å². The first-order chi connectivity index (χ1) is 11.5. The van der Waals surface area contributed by atoms with Gasteiger partial charge in [0, 0.05) is 36.6 Å². The summed E-state index contributed by atoms with van der Waals surface area (Å²) in [5.41, 5.74) is 8.44. The summed E-state index contributed by atoms with van der Waals surface area (Å²) in [5.74, 6) is 0.888. The van der Waals surface area contributed by atoms with E-state index in [2.05, 4.69) is 41.1 Å². The molecule has 124 valence electrons. The number of rotatable bonds is 3. The average Bonchev–Trinajstić information content (AvgIpc) is 3.24. The normalized spacial score (nSPS) is 13.6. The monoisotopic (exact) mass is 322 g/mol. The van der Waals surface area contributed by atoms with Gasteiger partial charge in [0.1, 0.15) is 5.69 Å². The highest BCUT2D eigenvalue weighted by Crippen LogP contribution is 2.32. The van der Waals surface area contributed by atoms with Gasteiger partial charge in [-0.2, -0.15) is 5.10 Å². The van der Waals surface area contributed by atoms with Gasteiger partial charge >= 0.3 is 0 Å². The maximum atomic E-state index is 5.59. The van der Waals surface area contributed by atoms with E-state index >= 15 is 0 Å². The molecule has 2 aromatic heterocycles. The van der Waals surface area contributed by atoms with Crippen LogP contribution >= 0.6 is 0 Å². The minimum atomic E-state index is 0.752. The lowest BCUT2D eigenvalue weighted by molar-refractivity contribution is 0.384. The first-order valence-corrected chi connectivity index (χ1v) is 8.32. The Bertz CT molecular complexity index is 906. The molecule has 1 aliphatic heterocycles. The van der Waals surface area contributed by atoms with Crippen molar-refractivity contribution in [1.82, 2.24) is 14.9 Å². The first-order valence-electron chi connectivity index (χ1n) is 8.32. The van der Waals surface area contributed by atoms with E-state index in [-0.39, 0.29) is 0 Å². The third-order valence-electron chi connectivity index (χ3n) is 5.10. The fraction of sp³-hybridized carbons (Fsp3) is 0.368. The molecule has 3 aromatic rings. The number of aromatic nitrogens is 3. The molecule has 5 nitrogen and oxygen atoms in total. The Morgan fingerprint density at radius 2 is 1.92 bits per heavy atom. The number of hydrogen-bond donors (Lipinski definition) is 0. The van der Waals surface area contributed by atoms with Crippen molar-refractivity contribution in [3.63, 3.8) is 0 Å². The van der Waals surface area contributed by atoms with Crippen molar-refractivity contribution in [3.8, 4) is 11.3 Å². The van der Waals surface area contributed by atoms with Crippen LogP contribution in [0.4, 0.5) is 5.69 Å². The smallest absolute Gasteiger partial charge is 0.156 e. The minimum Gasteiger partial charge on any atom is -0.363 e. The Balaban J connectivity index is 1.58. The summed E-state index contributed by atoms with van der Waals surface area (Å²) in [6, 6.07) is 6.64. The number of fused-ring (bicyclic) bond motifs is 1. The molecule has 0 unspecified atom stereocenters. The van der Waals surface area contributed by atoms with Gasteiger partial charge in [0.25, 0.3) is 0 Å². The molecule has 5 heteroatoms. The molecule has 0 saturated carbocycles. The van der Waals surface area contributed by atoms with Crippen LogP contribution in [0.15, 0.2) is 28.9 Å². The largest absolute Gasteiger partial charge is 0.363 e. The number of benzene rings is 1. The maximum Gasteiger partial charge on any atom is 0.156 e. The standard InChI is InChI=1S/C19H22N4O/c1-12-7-15-5-6-23(19(15)8-13(12)2)11-16-9-18(21-24-16)17-10-20-22(4)14(17)3/h7-10H,5-6,11H2,1-4H3. The van der Waals surface area contributed by atoms with E-state index in [1.54, 1.807) is 0 Å². The lowest BCUT2D eigenvalue weighted by Gasteiger charge is -2.18. The van der Waals surface area contributed by atoms with E-state index in [1.807, 2.05) is 30.9 Å². The van der Waals surface area contributed by atoms with Crippen LogP contribution in [0.2, 0.25) is 0 Å². The van der Waals surface area contributed by atoms with E-state index in [4.69, 9.17) is 4.52 Å². The van der Waals surface area contributed by atoms with Crippen LogP contribution in [-0.4, -0.2) is 21.5 Å². The Kier molecular flexibility index (Phi) is 3.44. The second kappa shape index (κ2) is 5.51. The third-order valence-corrected chi connectivity index (χ3v) is 5.10. The van der Waals surface area contributed by atoms with E-state index in [0.717, 1.165) is 42.2 Å². The molecule has 0 N–H and O–H groups in total. The Hall–Kier alpha value is -2.56. The molecule has 24 heavy (non-hydrogen) atoms. The number of nitrogens with zero attached hydrogens (tertiary/aromatic N) is 4. The lowest BCUT2D eigenvalue weighted by atomic mass is 10.0. The topological polar surface area (TPSA) is 47.1 Å². The fourth-order valence-electron chi connectivity index (χ4n) is 3.35. The van der Waals surface area contributed by atoms with Crippen molar-refractivity contribution in [2.24, 2.45) is 7.05 Å². The van der Waals surface area contributed by atoms with Crippen LogP contribution in [0.1, 0.15) is 28.1 Å². The van der Waals surface area contributed by atoms with Crippen LogP contribution in [0, 0.1) is 20.8 Å². The molecule has 0 atom stereocenters. The first kappa shape index (κ1) is 15.0. The number of anilines is 1. The van der Waals surface area contributed by atoms with Crippen LogP contribution in [0.25, 0.3) is 11.3 Å². The number of aryl methyl sites for hydroxylation is 3. The van der Waals surface area contributed by atoms with Crippen LogP contribution in [0.3, 0.4) is 0 Å². The maximum absolute atomic E-state index is 5.59. The molecule has 0 radical (unpaired) electrons. The zero-order valence-corrected chi connectivity index (χ0v) is 14.6. The Morgan fingerprint density at radius 1 is 1.12 bits per heavy atom. The van der Waals surface area contributed by atoms with Gasteiger partial charge in [0.2, 0.25) is 0 Å². The van der Waals surface area contributed by atoms with Crippen LogP contribution < -0.4 is 4.90 Å². The average molecular weight is 322 g/mol. The summed E-state index contributed by atoms with van der Waals surface area (Å²) in [4.78, 5) is 2.38. The predicted molar refractivity (Wildman–Crippen MR) is 94.1 cm³/mol. The van der Waals surface area contributed by atoms with E-state index in [1.165, 1.54) is 22.4 Å². The summed E-state index contributed by atoms with van der Waals surface area (Å²) in [5, 5.41) is 8.51. The van der Waals surface area contributed by atoms with Gasteiger partial charge in [-0.05, 0) is 49.9 Å². The van der Waals surface area contributed by atoms with Gasteiger partial charge in [0.05, 0.1) is 12.7 Å². The Labute approximate surface area is 141 Å². The predicted octanol–water partition coefficient (Wildman–Crippen LogP) is 3.56. The molecule has 0 bridgehead atoms. The van der Waals surface area contributed by atoms with Crippen LogP contribution in [0.5, 0.6) is 0 Å². The van der Waals surface area contributed by atoms with Gasteiger partial charge in [-0.25, -0.2) is 0 Å². The number of hydrogen-bond acceptors (Lipinski definition) is 4. The molecule has 3 heterocycles. The summed E-state index contributed by atoms with van der Waals surface area (Å²) < 4.78 is 7.44. The van der Waals surface area contributed by atoms with E-state index < -0.39 is 0 Å². The zero-order valence-electron chi connectivity index (χ0n) is 14.6. The molecular formula is C19H22N4O. The summed E-state index contributed by atoms with van der Waals surface area (Å²) in [6.07, 6.45) is 2.94. The molecule has 1 aliphatic rings. The highest BCUT2D eigenvalue weighted by atomic mass is 16.5. The zero-order chi connectivity index (χ0) is 16.8. The molecule has 0 fully saturated rings. The highest BCUT2D eigenvalue weighted by Gasteiger charge is 2.22. The van der Waals surface area contributed by atoms with Gasteiger partial charge in [0.15, 0.2) is 5.76 Å².